The summed E-state index contributed by atoms with van der Waals surface area (Å²) in [6, 6.07) is 7.37. The second-order valence-corrected chi connectivity index (χ2v) is 8.47. The summed E-state index contributed by atoms with van der Waals surface area (Å²) in [6.45, 7) is 6.33. The first-order valence-electron chi connectivity index (χ1n) is 11.7. The molecule has 0 saturated heterocycles. The molecule has 1 atom stereocenters. The summed E-state index contributed by atoms with van der Waals surface area (Å²) in [5.41, 5.74) is 5.81. The van der Waals surface area contributed by atoms with Crippen molar-refractivity contribution >= 4 is 11.7 Å². The maximum Gasteiger partial charge on any atom is 0.337 e. The Morgan fingerprint density at radius 2 is 2.11 bits per heavy atom. The number of nitriles is 1. The predicted octanol–water partition coefficient (Wildman–Crippen LogP) is 5.32. The first-order valence-corrected chi connectivity index (χ1v) is 11.7. The van der Waals surface area contributed by atoms with E-state index in [1.54, 1.807) is 25.4 Å². The van der Waals surface area contributed by atoms with Gasteiger partial charge >= 0.3 is 5.97 Å². The number of carbonyl (C=O) groups excluding carboxylic acids is 1. The monoisotopic (exact) mass is 471 g/mol. The number of aryl methyl sites for hydroxylation is 1. The van der Waals surface area contributed by atoms with E-state index in [4.69, 9.17) is 14.2 Å². The highest BCUT2D eigenvalue weighted by Gasteiger charge is 2.38. The fourth-order valence-corrected chi connectivity index (χ4v) is 4.51. The number of ether oxygens (including phenoxy) is 3. The molecule has 1 aliphatic heterocycles. The van der Waals surface area contributed by atoms with Crippen molar-refractivity contribution in [1.29, 1.82) is 5.26 Å². The lowest BCUT2D eigenvalue weighted by Crippen LogP contribution is -2.26. The number of nitrogens with one attached hydrogen (secondary N) is 1. The smallest absolute Gasteiger partial charge is 0.337 e. The van der Waals surface area contributed by atoms with Crippen LogP contribution in [0.4, 0.5) is 5.69 Å². The summed E-state index contributed by atoms with van der Waals surface area (Å²) in [5.74, 6) is -0.0539. The summed E-state index contributed by atoms with van der Waals surface area (Å²) in [4.78, 5) is 18.1. The summed E-state index contributed by atoms with van der Waals surface area (Å²) in [6.07, 6.45) is 9.85. The van der Waals surface area contributed by atoms with Gasteiger partial charge in [-0.25, -0.2) is 9.78 Å². The topological polar surface area (TPSA) is 93.5 Å². The molecule has 2 aromatic rings. The first kappa shape index (κ1) is 24.1. The normalized spacial score (nSPS) is 16.5. The number of nitrogens with zero attached hydrogens (tertiary/aromatic N) is 2. The molecular weight excluding hydrogens is 442 g/mol. The van der Waals surface area contributed by atoms with Crippen molar-refractivity contribution in [3.8, 4) is 17.7 Å². The van der Waals surface area contributed by atoms with E-state index in [9.17, 15) is 10.1 Å². The Morgan fingerprint density at radius 3 is 2.80 bits per heavy atom. The Morgan fingerprint density at radius 1 is 1.29 bits per heavy atom. The number of esters is 1. The van der Waals surface area contributed by atoms with Gasteiger partial charge in [-0.3, -0.25) is 0 Å². The zero-order valence-electron chi connectivity index (χ0n) is 20.5. The fourth-order valence-electron chi connectivity index (χ4n) is 4.51. The van der Waals surface area contributed by atoms with E-state index >= 15 is 0 Å². The van der Waals surface area contributed by atoms with Crippen molar-refractivity contribution in [3.05, 3.63) is 81.7 Å². The van der Waals surface area contributed by atoms with Crippen LogP contribution in [0.3, 0.4) is 0 Å². The summed E-state index contributed by atoms with van der Waals surface area (Å²) in [7, 11) is 1.55. The number of rotatable bonds is 7. The second kappa shape index (κ2) is 10.5. The number of methoxy groups -OCH3 is 1. The minimum absolute atomic E-state index is 0.195. The van der Waals surface area contributed by atoms with Crippen LogP contribution in [0.25, 0.3) is 0 Å². The van der Waals surface area contributed by atoms with Crippen molar-refractivity contribution in [3.63, 3.8) is 0 Å². The van der Waals surface area contributed by atoms with Crippen LogP contribution in [-0.2, 0) is 9.53 Å². The summed E-state index contributed by atoms with van der Waals surface area (Å²) in [5, 5.41) is 12.8. The molecule has 1 aliphatic carbocycles. The van der Waals surface area contributed by atoms with Crippen LogP contribution in [0.15, 0.2) is 59.5 Å². The zero-order chi connectivity index (χ0) is 24.9. The van der Waals surface area contributed by atoms with Gasteiger partial charge in [-0.2, -0.15) is 5.26 Å². The Labute approximate surface area is 205 Å². The molecular formula is C28H29N3O4. The van der Waals surface area contributed by atoms with Gasteiger partial charge in [-0.15, -0.1) is 0 Å². The third kappa shape index (κ3) is 4.78. The van der Waals surface area contributed by atoms with Gasteiger partial charge in [-0.1, -0.05) is 24.3 Å². The van der Waals surface area contributed by atoms with Crippen LogP contribution in [0, 0.1) is 18.3 Å². The lowest BCUT2D eigenvalue weighted by atomic mass is 9.79. The minimum Gasteiger partial charge on any atom is -0.496 e. The van der Waals surface area contributed by atoms with E-state index in [0.717, 1.165) is 40.8 Å². The molecule has 0 bridgehead atoms. The molecule has 2 heterocycles. The molecule has 0 fully saturated rings. The lowest BCUT2D eigenvalue weighted by molar-refractivity contribution is -0.138. The molecule has 1 unspecified atom stereocenters. The number of hydrogen-bond donors (Lipinski definition) is 1. The number of pyridine rings is 1. The SMILES string of the molecule is CCOc1ncc(C)c2c1C(c1ccc(C#N)cc1OC)C(C(=O)OCC1=CCCC=C1)=C(C)N2. The number of benzene rings is 1. The lowest BCUT2D eigenvalue weighted by Gasteiger charge is -2.32. The average molecular weight is 472 g/mol. The van der Waals surface area contributed by atoms with Gasteiger partial charge in [0.15, 0.2) is 0 Å². The molecule has 0 amide bonds. The Kier molecular flexibility index (Phi) is 7.21. The molecule has 0 spiro atoms. The van der Waals surface area contributed by atoms with E-state index in [1.165, 1.54) is 0 Å². The number of allylic oxidation sites excluding steroid dienone is 3. The van der Waals surface area contributed by atoms with Gasteiger partial charge < -0.3 is 19.5 Å². The third-order valence-corrected chi connectivity index (χ3v) is 6.18. The number of fused-ring (bicyclic) bond motifs is 1. The maximum absolute atomic E-state index is 13.6. The molecule has 1 aromatic carbocycles. The van der Waals surface area contributed by atoms with Crippen LogP contribution in [0.5, 0.6) is 11.6 Å². The zero-order valence-corrected chi connectivity index (χ0v) is 20.5. The fraction of sp³-hybridized carbons (Fsp3) is 0.321. The predicted molar refractivity (Wildman–Crippen MR) is 133 cm³/mol. The molecule has 35 heavy (non-hydrogen) atoms. The Hall–Kier alpha value is -4.05. The largest absolute Gasteiger partial charge is 0.496 e. The van der Waals surface area contributed by atoms with E-state index in [0.29, 0.717) is 35.1 Å². The van der Waals surface area contributed by atoms with E-state index in [2.05, 4.69) is 28.5 Å². The molecule has 2 aliphatic rings. The van der Waals surface area contributed by atoms with Crippen molar-refractivity contribution in [2.45, 2.75) is 39.5 Å². The molecule has 0 saturated carbocycles. The van der Waals surface area contributed by atoms with Crippen molar-refractivity contribution in [2.24, 2.45) is 0 Å². The molecule has 4 rings (SSSR count). The van der Waals surface area contributed by atoms with Crippen LogP contribution in [-0.4, -0.2) is 31.3 Å². The van der Waals surface area contributed by atoms with Gasteiger partial charge in [0, 0.05) is 17.5 Å². The van der Waals surface area contributed by atoms with Gasteiger partial charge in [0.1, 0.15) is 12.4 Å². The van der Waals surface area contributed by atoms with Gasteiger partial charge in [0.2, 0.25) is 5.88 Å². The highest BCUT2D eigenvalue weighted by molar-refractivity contribution is 5.95. The molecule has 0 radical (unpaired) electrons. The van der Waals surface area contributed by atoms with E-state index in [1.807, 2.05) is 32.9 Å². The molecule has 180 valence electrons. The molecule has 7 nitrogen and oxygen atoms in total. The Bertz CT molecular complexity index is 1280. The van der Waals surface area contributed by atoms with Crippen molar-refractivity contribution in [1.82, 2.24) is 4.98 Å². The number of hydrogen-bond acceptors (Lipinski definition) is 7. The van der Waals surface area contributed by atoms with Gasteiger partial charge in [-0.05, 0) is 56.9 Å². The summed E-state index contributed by atoms with van der Waals surface area (Å²) < 4.78 is 17.4. The summed E-state index contributed by atoms with van der Waals surface area (Å²) >= 11 is 0. The maximum atomic E-state index is 13.6. The standard InChI is InChI=1S/C28H29N3O4/c1-5-34-27-25-24(21-12-11-20(14-29)13-22(21)33-4)23(18(3)31-26(25)17(2)15-30-27)28(32)35-16-19-9-7-6-8-10-19/h7,9-13,15,24,31H,5-6,8,16H2,1-4H3. The van der Waals surface area contributed by atoms with Crippen LogP contribution < -0.4 is 14.8 Å². The second-order valence-electron chi connectivity index (χ2n) is 8.47. The van der Waals surface area contributed by atoms with Crippen molar-refractivity contribution < 1.29 is 19.0 Å². The van der Waals surface area contributed by atoms with Crippen LogP contribution in [0.1, 0.15) is 54.9 Å². The van der Waals surface area contributed by atoms with Crippen molar-refractivity contribution in [2.75, 3.05) is 25.6 Å². The van der Waals surface area contributed by atoms with Gasteiger partial charge in [0.25, 0.3) is 0 Å². The average Bonchev–Trinajstić information content (AvgIpc) is 2.88. The number of aromatic nitrogens is 1. The van der Waals surface area contributed by atoms with Crippen LogP contribution >= 0.6 is 0 Å². The third-order valence-electron chi connectivity index (χ3n) is 6.18. The minimum atomic E-state index is -0.564. The van der Waals surface area contributed by atoms with Gasteiger partial charge in [0.05, 0.1) is 48.1 Å². The van der Waals surface area contributed by atoms with E-state index < -0.39 is 11.9 Å². The van der Waals surface area contributed by atoms with E-state index in [-0.39, 0.29) is 6.61 Å². The highest BCUT2D eigenvalue weighted by atomic mass is 16.5. The Balaban J connectivity index is 1.86. The molecule has 1 N–H and O–H groups in total. The quantitative estimate of drug-likeness (QED) is 0.546. The highest BCUT2D eigenvalue weighted by Crippen LogP contribution is 2.49. The first-order chi connectivity index (χ1) is 17.0. The number of anilines is 1. The van der Waals surface area contributed by atoms with Crippen LogP contribution in [0.2, 0.25) is 0 Å². The molecule has 7 heteroatoms. The number of carbonyl (C=O) groups is 1. The molecule has 1 aromatic heterocycles.